The Bertz CT molecular complexity index is 326. The fourth-order valence-corrected chi connectivity index (χ4v) is 2.70. The van der Waals surface area contributed by atoms with E-state index in [2.05, 4.69) is 15.7 Å². The lowest BCUT2D eigenvalue weighted by molar-refractivity contribution is -0.137. The molecule has 0 radical (unpaired) electrons. The number of thiazole rings is 1. The molecule has 1 fully saturated rings. The molecule has 2 heterocycles. The van der Waals surface area contributed by atoms with Gasteiger partial charge in [-0.25, -0.2) is 4.98 Å². The maximum absolute atomic E-state index is 10.6. The SMILES string of the molecule is O=C(O)CC1CC(c2cscn2)CCN1. The molecule has 1 aliphatic heterocycles. The Morgan fingerprint density at radius 1 is 1.73 bits per heavy atom. The minimum Gasteiger partial charge on any atom is -0.481 e. The lowest BCUT2D eigenvalue weighted by atomic mass is 9.89. The average molecular weight is 226 g/mol. The number of rotatable bonds is 3. The Kier molecular flexibility index (Phi) is 3.33. The number of nitrogens with one attached hydrogen (secondary N) is 1. The molecule has 0 saturated carbocycles. The monoisotopic (exact) mass is 226 g/mol. The second-order valence-corrected chi connectivity index (χ2v) is 4.60. The van der Waals surface area contributed by atoms with Gasteiger partial charge in [0.15, 0.2) is 0 Å². The molecule has 1 aromatic heterocycles. The summed E-state index contributed by atoms with van der Waals surface area (Å²) in [6.45, 7) is 0.889. The van der Waals surface area contributed by atoms with Crippen LogP contribution in [0.3, 0.4) is 0 Å². The van der Waals surface area contributed by atoms with Crippen LogP contribution in [0.4, 0.5) is 0 Å². The van der Waals surface area contributed by atoms with Crippen LogP contribution >= 0.6 is 11.3 Å². The molecule has 1 aromatic rings. The molecule has 2 rings (SSSR count). The minimum absolute atomic E-state index is 0.1000. The summed E-state index contributed by atoms with van der Waals surface area (Å²) in [5, 5.41) is 14.0. The number of nitrogens with zero attached hydrogens (tertiary/aromatic N) is 1. The molecule has 2 N–H and O–H groups in total. The van der Waals surface area contributed by atoms with Crippen LogP contribution in [-0.2, 0) is 4.79 Å². The molecule has 1 aliphatic rings. The number of piperidine rings is 1. The van der Waals surface area contributed by atoms with Crippen LogP contribution < -0.4 is 5.32 Å². The average Bonchev–Trinajstić information content (AvgIpc) is 2.69. The maximum atomic E-state index is 10.6. The molecular formula is C10H14N2O2S. The van der Waals surface area contributed by atoms with E-state index in [1.54, 1.807) is 11.3 Å². The molecule has 5 heteroatoms. The van der Waals surface area contributed by atoms with Gasteiger partial charge in [0.05, 0.1) is 17.6 Å². The summed E-state index contributed by atoms with van der Waals surface area (Å²) in [4.78, 5) is 14.9. The number of carboxylic acids is 1. The number of carboxylic acid groups (broad SMARTS) is 1. The zero-order valence-corrected chi connectivity index (χ0v) is 9.17. The number of aliphatic carboxylic acids is 1. The van der Waals surface area contributed by atoms with E-state index in [1.165, 1.54) is 0 Å². The number of aromatic nitrogens is 1. The van der Waals surface area contributed by atoms with Gasteiger partial charge >= 0.3 is 5.97 Å². The van der Waals surface area contributed by atoms with E-state index in [-0.39, 0.29) is 12.5 Å². The van der Waals surface area contributed by atoms with Gasteiger partial charge in [-0.05, 0) is 19.4 Å². The van der Waals surface area contributed by atoms with Gasteiger partial charge < -0.3 is 10.4 Å². The summed E-state index contributed by atoms with van der Waals surface area (Å²) in [5.41, 5.74) is 2.96. The molecule has 0 aromatic carbocycles. The quantitative estimate of drug-likeness (QED) is 0.819. The number of hydrogen-bond acceptors (Lipinski definition) is 4. The Balaban J connectivity index is 1.95. The molecule has 0 aliphatic carbocycles. The van der Waals surface area contributed by atoms with E-state index in [0.29, 0.717) is 5.92 Å². The molecule has 2 unspecified atom stereocenters. The van der Waals surface area contributed by atoms with E-state index in [1.807, 2.05) is 5.51 Å². The fourth-order valence-electron chi connectivity index (χ4n) is 2.06. The molecule has 15 heavy (non-hydrogen) atoms. The van der Waals surface area contributed by atoms with Crippen molar-refractivity contribution in [1.82, 2.24) is 10.3 Å². The fraction of sp³-hybridized carbons (Fsp3) is 0.600. The topological polar surface area (TPSA) is 62.2 Å². The second kappa shape index (κ2) is 4.72. The third-order valence-electron chi connectivity index (χ3n) is 2.79. The summed E-state index contributed by atoms with van der Waals surface area (Å²) in [6.07, 6.45) is 2.15. The van der Waals surface area contributed by atoms with Gasteiger partial charge in [-0.3, -0.25) is 4.79 Å². The first-order valence-electron chi connectivity index (χ1n) is 5.09. The van der Waals surface area contributed by atoms with Crippen molar-refractivity contribution in [3.8, 4) is 0 Å². The first-order valence-corrected chi connectivity index (χ1v) is 6.03. The molecule has 0 spiro atoms. The summed E-state index contributed by atoms with van der Waals surface area (Å²) < 4.78 is 0. The summed E-state index contributed by atoms with van der Waals surface area (Å²) in [6, 6.07) is 0.1000. The predicted octanol–water partition coefficient (Wildman–Crippen LogP) is 1.45. The highest BCUT2D eigenvalue weighted by Crippen LogP contribution is 2.28. The highest BCUT2D eigenvalue weighted by atomic mass is 32.1. The van der Waals surface area contributed by atoms with E-state index >= 15 is 0 Å². The molecule has 2 atom stereocenters. The van der Waals surface area contributed by atoms with Crippen LogP contribution in [0.5, 0.6) is 0 Å². The van der Waals surface area contributed by atoms with Crippen LogP contribution in [0, 0.1) is 0 Å². The number of hydrogen-bond donors (Lipinski definition) is 2. The molecular weight excluding hydrogens is 212 g/mol. The van der Waals surface area contributed by atoms with E-state index in [9.17, 15) is 4.79 Å². The van der Waals surface area contributed by atoms with Crippen molar-refractivity contribution in [3.63, 3.8) is 0 Å². The largest absolute Gasteiger partial charge is 0.481 e. The number of carbonyl (C=O) groups is 1. The van der Waals surface area contributed by atoms with Crippen LogP contribution in [0.15, 0.2) is 10.9 Å². The highest BCUT2D eigenvalue weighted by Gasteiger charge is 2.25. The summed E-state index contributed by atoms with van der Waals surface area (Å²) in [7, 11) is 0. The Labute approximate surface area is 92.3 Å². The van der Waals surface area contributed by atoms with Gasteiger partial charge in [0.25, 0.3) is 0 Å². The maximum Gasteiger partial charge on any atom is 0.304 e. The van der Waals surface area contributed by atoms with Crippen molar-refractivity contribution in [2.24, 2.45) is 0 Å². The van der Waals surface area contributed by atoms with Gasteiger partial charge in [-0.1, -0.05) is 0 Å². The lowest BCUT2D eigenvalue weighted by Gasteiger charge is -2.28. The normalized spacial score (nSPS) is 26.4. The van der Waals surface area contributed by atoms with Crippen molar-refractivity contribution < 1.29 is 9.90 Å². The molecule has 0 amide bonds. The van der Waals surface area contributed by atoms with E-state index < -0.39 is 5.97 Å². The van der Waals surface area contributed by atoms with Gasteiger partial charge in [-0.2, -0.15) is 0 Å². The van der Waals surface area contributed by atoms with Crippen LogP contribution in [0.25, 0.3) is 0 Å². The van der Waals surface area contributed by atoms with Crippen LogP contribution in [-0.4, -0.2) is 28.6 Å². The first-order chi connectivity index (χ1) is 7.25. The Hall–Kier alpha value is -0.940. The van der Waals surface area contributed by atoms with E-state index in [4.69, 9.17) is 5.11 Å². The second-order valence-electron chi connectivity index (χ2n) is 3.88. The molecule has 0 bridgehead atoms. The van der Waals surface area contributed by atoms with Gasteiger partial charge in [0, 0.05) is 17.3 Å². The van der Waals surface area contributed by atoms with Gasteiger partial charge in [-0.15, -0.1) is 11.3 Å². The zero-order chi connectivity index (χ0) is 10.7. The Morgan fingerprint density at radius 2 is 2.60 bits per heavy atom. The smallest absolute Gasteiger partial charge is 0.304 e. The van der Waals surface area contributed by atoms with Crippen LogP contribution in [0.1, 0.15) is 30.9 Å². The minimum atomic E-state index is -0.730. The highest BCUT2D eigenvalue weighted by molar-refractivity contribution is 7.07. The van der Waals surface area contributed by atoms with Crippen molar-refractivity contribution in [3.05, 3.63) is 16.6 Å². The third-order valence-corrected chi connectivity index (χ3v) is 3.39. The van der Waals surface area contributed by atoms with E-state index in [0.717, 1.165) is 25.1 Å². The predicted molar refractivity (Wildman–Crippen MR) is 58.1 cm³/mol. The van der Waals surface area contributed by atoms with Crippen molar-refractivity contribution in [2.75, 3.05) is 6.54 Å². The molecule has 1 saturated heterocycles. The third kappa shape index (κ3) is 2.76. The van der Waals surface area contributed by atoms with Crippen molar-refractivity contribution in [2.45, 2.75) is 31.2 Å². The summed E-state index contributed by atoms with van der Waals surface area (Å²) >= 11 is 1.60. The first kappa shape index (κ1) is 10.6. The van der Waals surface area contributed by atoms with Crippen molar-refractivity contribution in [1.29, 1.82) is 0 Å². The summed E-state index contributed by atoms with van der Waals surface area (Å²) in [5.74, 6) is -0.298. The molecule has 82 valence electrons. The lowest BCUT2D eigenvalue weighted by Crippen LogP contribution is -2.38. The van der Waals surface area contributed by atoms with Crippen molar-refractivity contribution >= 4 is 17.3 Å². The van der Waals surface area contributed by atoms with Gasteiger partial charge in [0.1, 0.15) is 0 Å². The zero-order valence-electron chi connectivity index (χ0n) is 8.35. The van der Waals surface area contributed by atoms with Crippen LogP contribution in [0.2, 0.25) is 0 Å². The standard InChI is InChI=1S/C10H14N2O2S/c13-10(14)4-8-3-7(1-2-11-8)9-5-15-6-12-9/h5-8,11H,1-4H2,(H,13,14). The van der Waals surface area contributed by atoms with Gasteiger partial charge in [0.2, 0.25) is 0 Å². The Morgan fingerprint density at radius 3 is 3.27 bits per heavy atom. The molecule has 4 nitrogen and oxygen atoms in total.